The molecule has 178 valence electrons. The Morgan fingerprint density at radius 3 is 2.45 bits per heavy atom. The zero-order valence-corrected chi connectivity index (χ0v) is 20.8. The molecule has 0 amide bonds. The fourth-order valence-corrected chi connectivity index (χ4v) is 3.13. The molecule has 0 aliphatic carbocycles. The van der Waals surface area contributed by atoms with Crippen LogP contribution in [0.5, 0.6) is 11.5 Å². The lowest BCUT2D eigenvalue weighted by molar-refractivity contribution is -0.0520. The van der Waals surface area contributed by atoms with Gasteiger partial charge in [0, 0.05) is 44.6 Å². The summed E-state index contributed by atoms with van der Waals surface area (Å²) in [4.78, 5) is 8.25. The minimum atomic E-state index is -2.94. The van der Waals surface area contributed by atoms with Gasteiger partial charge in [-0.25, -0.2) is 4.98 Å². The molecule has 0 spiro atoms. The van der Waals surface area contributed by atoms with Crippen LogP contribution in [0.1, 0.15) is 23.6 Å². The highest BCUT2D eigenvalue weighted by molar-refractivity contribution is 14.0. The first-order valence-electron chi connectivity index (χ1n) is 10.3. The maximum absolute atomic E-state index is 12.9. The standard InChI is InChI=1S/C23H27F2N5O2.HI/c1-3-31-20-6-4-5-19(21(20)32-22(24)25)14-29-23(26-2)28-13-17-7-9-18(10-8-17)15-30-12-11-27-16-30;/h4-12,16,22H,3,13-15H2,1-2H3,(H2,26,28,29);1H. The van der Waals surface area contributed by atoms with Crippen molar-refractivity contribution in [3.05, 3.63) is 77.9 Å². The fraction of sp³-hybridized carbons (Fsp3) is 0.304. The molecule has 1 aromatic heterocycles. The molecule has 1 heterocycles. The minimum Gasteiger partial charge on any atom is -0.490 e. The summed E-state index contributed by atoms with van der Waals surface area (Å²) in [5.74, 6) is 0.851. The Kier molecular flexibility index (Phi) is 10.9. The first kappa shape index (κ1) is 26.4. The number of hydrogen-bond donors (Lipinski definition) is 2. The molecule has 0 aliphatic rings. The van der Waals surface area contributed by atoms with Crippen LogP contribution in [0.3, 0.4) is 0 Å². The smallest absolute Gasteiger partial charge is 0.387 e. The maximum atomic E-state index is 12.9. The van der Waals surface area contributed by atoms with Crippen molar-refractivity contribution in [3.63, 3.8) is 0 Å². The molecule has 10 heteroatoms. The molecule has 7 nitrogen and oxygen atoms in total. The molecule has 33 heavy (non-hydrogen) atoms. The van der Waals surface area contributed by atoms with Gasteiger partial charge in [-0.2, -0.15) is 8.78 Å². The van der Waals surface area contributed by atoms with Crippen LogP contribution < -0.4 is 20.1 Å². The van der Waals surface area contributed by atoms with Crippen molar-refractivity contribution in [1.82, 2.24) is 20.2 Å². The van der Waals surface area contributed by atoms with Crippen LogP contribution in [0, 0.1) is 0 Å². The van der Waals surface area contributed by atoms with Crippen LogP contribution in [0.15, 0.2) is 66.2 Å². The number of alkyl halides is 2. The fourth-order valence-electron chi connectivity index (χ4n) is 3.13. The second kappa shape index (κ2) is 13.6. The molecule has 2 N–H and O–H groups in total. The predicted molar refractivity (Wildman–Crippen MR) is 134 cm³/mol. The van der Waals surface area contributed by atoms with E-state index in [4.69, 9.17) is 9.47 Å². The van der Waals surface area contributed by atoms with Crippen LogP contribution in [0.2, 0.25) is 0 Å². The summed E-state index contributed by atoms with van der Waals surface area (Å²) in [6.07, 6.45) is 5.46. The second-order valence-corrected chi connectivity index (χ2v) is 6.89. The zero-order chi connectivity index (χ0) is 22.8. The molecule has 0 unspecified atom stereocenters. The van der Waals surface area contributed by atoms with Crippen molar-refractivity contribution >= 4 is 29.9 Å². The van der Waals surface area contributed by atoms with E-state index in [0.29, 0.717) is 24.7 Å². The number of rotatable bonds is 10. The Morgan fingerprint density at radius 2 is 1.82 bits per heavy atom. The third kappa shape index (κ3) is 8.19. The molecular formula is C23H28F2IN5O2. The SMILES string of the molecule is CCOc1cccc(CNC(=NC)NCc2ccc(Cn3ccnc3)cc2)c1OC(F)F.I. The van der Waals surface area contributed by atoms with Gasteiger partial charge in [0.2, 0.25) is 0 Å². The molecule has 3 aromatic rings. The van der Waals surface area contributed by atoms with Crippen LogP contribution in [-0.4, -0.2) is 35.8 Å². The first-order valence-corrected chi connectivity index (χ1v) is 10.3. The maximum Gasteiger partial charge on any atom is 0.387 e. The van der Waals surface area contributed by atoms with Gasteiger partial charge >= 0.3 is 6.61 Å². The van der Waals surface area contributed by atoms with E-state index in [9.17, 15) is 8.78 Å². The number of guanidine groups is 1. The molecule has 0 radical (unpaired) electrons. The number of aliphatic imine (C=N–C) groups is 1. The number of benzene rings is 2. The van der Waals surface area contributed by atoms with Crippen LogP contribution in [-0.2, 0) is 19.6 Å². The number of hydrogen-bond acceptors (Lipinski definition) is 4. The molecule has 2 aromatic carbocycles. The summed E-state index contributed by atoms with van der Waals surface area (Å²) in [6, 6.07) is 13.3. The first-order chi connectivity index (χ1) is 15.6. The van der Waals surface area contributed by atoms with Gasteiger partial charge in [0.1, 0.15) is 0 Å². The average molecular weight is 571 g/mol. The lowest BCUT2D eigenvalue weighted by Crippen LogP contribution is -2.36. The van der Waals surface area contributed by atoms with Crippen molar-refractivity contribution < 1.29 is 18.3 Å². The van der Waals surface area contributed by atoms with E-state index in [1.54, 1.807) is 44.7 Å². The van der Waals surface area contributed by atoms with Crippen molar-refractivity contribution in [2.45, 2.75) is 33.2 Å². The predicted octanol–water partition coefficient (Wildman–Crippen LogP) is 4.41. The quantitative estimate of drug-likeness (QED) is 0.214. The lowest BCUT2D eigenvalue weighted by Gasteiger charge is -2.17. The molecule has 0 fully saturated rings. The Balaban J connectivity index is 0.00000385. The van der Waals surface area contributed by atoms with Crippen molar-refractivity contribution in [2.24, 2.45) is 4.99 Å². The molecule has 3 rings (SSSR count). The Morgan fingerprint density at radius 1 is 1.09 bits per heavy atom. The van der Waals surface area contributed by atoms with Gasteiger partial charge in [-0.15, -0.1) is 24.0 Å². The molecule has 0 saturated heterocycles. The molecule has 0 bridgehead atoms. The van der Waals surface area contributed by atoms with Gasteiger partial charge in [-0.3, -0.25) is 4.99 Å². The minimum absolute atomic E-state index is 0. The number of para-hydroxylation sites is 1. The van der Waals surface area contributed by atoms with Gasteiger partial charge in [-0.05, 0) is 24.1 Å². The summed E-state index contributed by atoms with van der Waals surface area (Å²) >= 11 is 0. The Hall–Kier alpha value is -2.89. The van der Waals surface area contributed by atoms with E-state index in [0.717, 1.165) is 12.1 Å². The summed E-state index contributed by atoms with van der Waals surface area (Å²) in [6.45, 7) is 0.760. The lowest BCUT2D eigenvalue weighted by atomic mass is 10.1. The zero-order valence-electron chi connectivity index (χ0n) is 18.5. The van der Waals surface area contributed by atoms with E-state index >= 15 is 0 Å². The molecule has 0 aliphatic heterocycles. The summed E-state index contributed by atoms with van der Waals surface area (Å²) in [5, 5.41) is 6.35. The van der Waals surface area contributed by atoms with Crippen LogP contribution in [0.25, 0.3) is 0 Å². The van der Waals surface area contributed by atoms with E-state index in [1.165, 1.54) is 5.56 Å². The van der Waals surface area contributed by atoms with Gasteiger partial charge in [0.25, 0.3) is 0 Å². The highest BCUT2D eigenvalue weighted by Gasteiger charge is 2.16. The Bertz CT molecular complexity index is 999. The third-order valence-corrected chi connectivity index (χ3v) is 4.64. The highest BCUT2D eigenvalue weighted by Crippen LogP contribution is 2.32. The largest absolute Gasteiger partial charge is 0.490 e. The van der Waals surface area contributed by atoms with Crippen molar-refractivity contribution in [3.8, 4) is 11.5 Å². The number of ether oxygens (including phenoxy) is 2. The summed E-state index contributed by atoms with van der Waals surface area (Å²) in [5.41, 5.74) is 2.81. The summed E-state index contributed by atoms with van der Waals surface area (Å²) < 4.78 is 37.9. The number of imidazole rings is 1. The van der Waals surface area contributed by atoms with Gasteiger partial charge in [0.05, 0.1) is 12.9 Å². The monoisotopic (exact) mass is 571 g/mol. The molecule has 0 atom stereocenters. The topological polar surface area (TPSA) is 72.7 Å². The van der Waals surface area contributed by atoms with E-state index in [2.05, 4.69) is 32.7 Å². The number of aromatic nitrogens is 2. The van der Waals surface area contributed by atoms with Gasteiger partial charge < -0.3 is 24.7 Å². The van der Waals surface area contributed by atoms with E-state index in [1.807, 2.05) is 22.9 Å². The molecular weight excluding hydrogens is 543 g/mol. The number of halogens is 3. The average Bonchev–Trinajstić information content (AvgIpc) is 3.29. The van der Waals surface area contributed by atoms with E-state index in [-0.39, 0.29) is 42.0 Å². The van der Waals surface area contributed by atoms with Crippen molar-refractivity contribution in [2.75, 3.05) is 13.7 Å². The Labute approximate surface area is 209 Å². The molecule has 0 saturated carbocycles. The highest BCUT2D eigenvalue weighted by atomic mass is 127. The summed E-state index contributed by atoms with van der Waals surface area (Å²) in [7, 11) is 1.65. The van der Waals surface area contributed by atoms with E-state index < -0.39 is 6.61 Å². The van der Waals surface area contributed by atoms with Crippen molar-refractivity contribution in [1.29, 1.82) is 0 Å². The van der Waals surface area contributed by atoms with Gasteiger partial charge in [0.15, 0.2) is 17.5 Å². The second-order valence-electron chi connectivity index (χ2n) is 6.89. The normalized spacial score (nSPS) is 11.1. The third-order valence-electron chi connectivity index (χ3n) is 4.64. The number of nitrogens with zero attached hydrogens (tertiary/aromatic N) is 3. The van der Waals surface area contributed by atoms with Crippen LogP contribution in [0.4, 0.5) is 8.78 Å². The number of nitrogens with one attached hydrogen (secondary N) is 2. The van der Waals surface area contributed by atoms with Gasteiger partial charge in [-0.1, -0.05) is 36.4 Å². The van der Waals surface area contributed by atoms with Crippen LogP contribution >= 0.6 is 24.0 Å².